The summed E-state index contributed by atoms with van der Waals surface area (Å²) in [7, 11) is 0. The number of fused-ring (bicyclic) bond motifs is 1. The summed E-state index contributed by atoms with van der Waals surface area (Å²) in [6.45, 7) is 0.798. The highest BCUT2D eigenvalue weighted by Crippen LogP contribution is 2.27. The maximum atomic E-state index is 6.08. The lowest BCUT2D eigenvalue weighted by Gasteiger charge is -2.22. The molecule has 0 spiro atoms. The zero-order valence-corrected chi connectivity index (χ0v) is 9.52. The number of halogens is 1. The standard InChI is InChI=1S/C11H12ClN3O/c12-9-4-5-13-11-8(9)7-14-15(11)10-3-1-2-6-16-10/h4-5,7,10H,1-3,6H2. The fraction of sp³-hybridized carbons (Fsp3) is 0.455. The molecule has 2 aromatic rings. The van der Waals surface area contributed by atoms with Crippen LogP contribution in [-0.4, -0.2) is 21.4 Å². The average Bonchev–Trinajstić information content (AvgIpc) is 2.75. The van der Waals surface area contributed by atoms with E-state index in [-0.39, 0.29) is 6.23 Å². The maximum Gasteiger partial charge on any atom is 0.161 e. The van der Waals surface area contributed by atoms with Crippen LogP contribution >= 0.6 is 11.6 Å². The Balaban J connectivity index is 2.06. The summed E-state index contributed by atoms with van der Waals surface area (Å²) in [6, 6.07) is 1.78. The lowest BCUT2D eigenvalue weighted by molar-refractivity contribution is -0.0370. The van der Waals surface area contributed by atoms with Crippen LogP contribution in [0.5, 0.6) is 0 Å². The van der Waals surface area contributed by atoms with Crippen molar-refractivity contribution in [3.05, 3.63) is 23.5 Å². The quantitative estimate of drug-likeness (QED) is 0.766. The molecule has 1 aliphatic heterocycles. The van der Waals surface area contributed by atoms with E-state index in [4.69, 9.17) is 16.3 Å². The van der Waals surface area contributed by atoms with Gasteiger partial charge in [0.15, 0.2) is 11.9 Å². The van der Waals surface area contributed by atoms with Crippen LogP contribution in [0.15, 0.2) is 18.5 Å². The molecule has 16 heavy (non-hydrogen) atoms. The van der Waals surface area contributed by atoms with Gasteiger partial charge in [-0.3, -0.25) is 0 Å². The minimum absolute atomic E-state index is 0.0113. The maximum absolute atomic E-state index is 6.08. The monoisotopic (exact) mass is 237 g/mol. The molecular formula is C11H12ClN3O. The minimum Gasteiger partial charge on any atom is -0.356 e. The summed E-state index contributed by atoms with van der Waals surface area (Å²) in [4.78, 5) is 4.31. The van der Waals surface area contributed by atoms with Gasteiger partial charge in [0.1, 0.15) is 0 Å². The van der Waals surface area contributed by atoms with Crippen LogP contribution in [0.25, 0.3) is 11.0 Å². The molecule has 0 amide bonds. The van der Waals surface area contributed by atoms with Crippen molar-refractivity contribution in [1.82, 2.24) is 14.8 Å². The lowest BCUT2D eigenvalue weighted by atomic mass is 10.2. The summed E-state index contributed by atoms with van der Waals surface area (Å²) in [5, 5.41) is 5.90. The fourth-order valence-electron chi connectivity index (χ4n) is 2.04. The Kier molecular flexibility index (Phi) is 2.53. The van der Waals surface area contributed by atoms with Gasteiger partial charge >= 0.3 is 0 Å². The highest BCUT2D eigenvalue weighted by molar-refractivity contribution is 6.35. The third-order valence-electron chi connectivity index (χ3n) is 2.87. The van der Waals surface area contributed by atoms with Gasteiger partial charge in [-0.2, -0.15) is 5.10 Å². The SMILES string of the molecule is Clc1ccnc2c1cnn2C1CCCCO1. The molecule has 4 nitrogen and oxygen atoms in total. The first-order valence-electron chi connectivity index (χ1n) is 5.45. The molecule has 0 aliphatic carbocycles. The summed E-state index contributed by atoms with van der Waals surface area (Å²) < 4.78 is 7.52. The second kappa shape index (κ2) is 4.03. The number of pyridine rings is 1. The molecule has 1 fully saturated rings. The van der Waals surface area contributed by atoms with Gasteiger partial charge in [0, 0.05) is 12.8 Å². The van der Waals surface area contributed by atoms with Crippen LogP contribution in [0.4, 0.5) is 0 Å². The topological polar surface area (TPSA) is 39.9 Å². The van der Waals surface area contributed by atoms with Gasteiger partial charge in [-0.05, 0) is 25.3 Å². The number of aromatic nitrogens is 3. The predicted octanol–water partition coefficient (Wildman–Crippen LogP) is 2.78. The van der Waals surface area contributed by atoms with E-state index >= 15 is 0 Å². The van der Waals surface area contributed by atoms with Gasteiger partial charge in [-0.1, -0.05) is 11.6 Å². The van der Waals surface area contributed by atoms with Crippen molar-refractivity contribution in [3.8, 4) is 0 Å². The van der Waals surface area contributed by atoms with Crippen molar-refractivity contribution in [3.63, 3.8) is 0 Å². The highest BCUT2D eigenvalue weighted by Gasteiger charge is 2.19. The predicted molar refractivity (Wildman–Crippen MR) is 61.4 cm³/mol. The van der Waals surface area contributed by atoms with Gasteiger partial charge in [0.05, 0.1) is 16.6 Å². The molecule has 2 aromatic heterocycles. The Hall–Kier alpha value is -1.13. The molecule has 3 heterocycles. The van der Waals surface area contributed by atoms with E-state index in [1.807, 2.05) is 4.68 Å². The third kappa shape index (κ3) is 1.58. The number of ether oxygens (including phenoxy) is 1. The molecule has 3 rings (SSSR count). The van der Waals surface area contributed by atoms with Crippen molar-refractivity contribution in [1.29, 1.82) is 0 Å². The van der Waals surface area contributed by atoms with E-state index in [1.54, 1.807) is 18.5 Å². The van der Waals surface area contributed by atoms with Gasteiger partial charge < -0.3 is 4.74 Å². The zero-order valence-electron chi connectivity index (χ0n) is 8.77. The molecule has 5 heteroatoms. The number of rotatable bonds is 1. The summed E-state index contributed by atoms with van der Waals surface area (Å²) >= 11 is 6.08. The highest BCUT2D eigenvalue weighted by atomic mass is 35.5. The summed E-state index contributed by atoms with van der Waals surface area (Å²) in [5.41, 5.74) is 0.805. The molecule has 0 saturated carbocycles. The Labute approximate surface area is 98.2 Å². The first-order chi connectivity index (χ1) is 7.86. The van der Waals surface area contributed by atoms with E-state index < -0.39 is 0 Å². The molecule has 1 atom stereocenters. The van der Waals surface area contributed by atoms with Crippen molar-refractivity contribution in [2.75, 3.05) is 6.61 Å². The molecule has 1 saturated heterocycles. The lowest BCUT2D eigenvalue weighted by Crippen LogP contribution is -2.19. The van der Waals surface area contributed by atoms with Gasteiger partial charge in [-0.15, -0.1) is 0 Å². The normalized spacial score (nSPS) is 21.4. The second-order valence-corrected chi connectivity index (χ2v) is 4.35. The molecule has 84 valence electrons. The van der Waals surface area contributed by atoms with Crippen LogP contribution in [0.3, 0.4) is 0 Å². The Morgan fingerprint density at radius 2 is 2.38 bits per heavy atom. The molecule has 0 radical (unpaired) electrons. The van der Waals surface area contributed by atoms with Crippen LogP contribution in [0, 0.1) is 0 Å². The summed E-state index contributed by atoms with van der Waals surface area (Å²) in [5.74, 6) is 0. The fourth-order valence-corrected chi connectivity index (χ4v) is 2.23. The van der Waals surface area contributed by atoms with Gasteiger partial charge in [0.2, 0.25) is 0 Å². The van der Waals surface area contributed by atoms with Gasteiger partial charge in [0.25, 0.3) is 0 Å². The van der Waals surface area contributed by atoms with Crippen LogP contribution in [-0.2, 0) is 4.74 Å². The first-order valence-corrected chi connectivity index (χ1v) is 5.83. The van der Waals surface area contributed by atoms with Crippen LogP contribution in [0.2, 0.25) is 5.02 Å². The largest absolute Gasteiger partial charge is 0.356 e. The van der Waals surface area contributed by atoms with Crippen LogP contribution in [0.1, 0.15) is 25.5 Å². The second-order valence-electron chi connectivity index (χ2n) is 3.94. The average molecular weight is 238 g/mol. The Morgan fingerprint density at radius 3 is 3.19 bits per heavy atom. The molecule has 0 bridgehead atoms. The number of hydrogen-bond acceptors (Lipinski definition) is 3. The smallest absolute Gasteiger partial charge is 0.161 e. The van der Waals surface area contributed by atoms with Crippen molar-refractivity contribution in [2.24, 2.45) is 0 Å². The summed E-state index contributed by atoms with van der Waals surface area (Å²) in [6.07, 6.45) is 6.76. The van der Waals surface area contributed by atoms with Crippen molar-refractivity contribution in [2.45, 2.75) is 25.5 Å². The molecular weight excluding hydrogens is 226 g/mol. The van der Waals surface area contributed by atoms with E-state index in [1.165, 1.54) is 6.42 Å². The molecule has 1 aliphatic rings. The first kappa shape index (κ1) is 10.1. The zero-order chi connectivity index (χ0) is 11.0. The van der Waals surface area contributed by atoms with E-state index in [2.05, 4.69) is 10.1 Å². The van der Waals surface area contributed by atoms with Crippen molar-refractivity contribution >= 4 is 22.6 Å². The Morgan fingerprint density at radius 1 is 1.44 bits per heavy atom. The minimum atomic E-state index is 0.0113. The molecule has 0 aromatic carbocycles. The molecule has 0 N–H and O–H groups in total. The van der Waals surface area contributed by atoms with E-state index in [0.29, 0.717) is 5.02 Å². The van der Waals surface area contributed by atoms with E-state index in [9.17, 15) is 0 Å². The Bertz CT molecular complexity index is 505. The molecule has 1 unspecified atom stereocenters. The van der Waals surface area contributed by atoms with Gasteiger partial charge in [-0.25, -0.2) is 9.67 Å². The van der Waals surface area contributed by atoms with Crippen LogP contribution < -0.4 is 0 Å². The number of nitrogens with zero attached hydrogens (tertiary/aromatic N) is 3. The van der Waals surface area contributed by atoms with E-state index in [0.717, 1.165) is 30.5 Å². The number of hydrogen-bond donors (Lipinski definition) is 0. The third-order valence-corrected chi connectivity index (χ3v) is 3.20. The van der Waals surface area contributed by atoms with Crippen molar-refractivity contribution < 1.29 is 4.74 Å².